The van der Waals surface area contributed by atoms with Gasteiger partial charge in [-0.1, -0.05) is 18.2 Å². The van der Waals surface area contributed by atoms with Crippen LogP contribution in [0.5, 0.6) is 0 Å². The van der Waals surface area contributed by atoms with Gasteiger partial charge in [0.05, 0.1) is 29.8 Å². The average molecular weight is 401 g/mol. The number of hydrogen-bond acceptors (Lipinski definition) is 3. The van der Waals surface area contributed by atoms with Gasteiger partial charge in [-0.15, -0.1) is 0 Å². The Labute approximate surface area is 165 Å². The number of benzene rings is 2. The number of rotatable bonds is 3. The zero-order valence-electron chi connectivity index (χ0n) is 15.4. The number of amides is 1. The molecular formula is C21H18F3N3O2. The van der Waals surface area contributed by atoms with E-state index in [4.69, 9.17) is 4.74 Å². The molecule has 1 fully saturated rings. The van der Waals surface area contributed by atoms with Crippen molar-refractivity contribution in [3.05, 3.63) is 66.0 Å². The molecule has 0 N–H and O–H groups in total. The first-order valence-electron chi connectivity index (χ1n) is 9.12. The molecule has 1 aliphatic rings. The predicted octanol–water partition coefficient (Wildman–Crippen LogP) is 3.92. The lowest BCUT2D eigenvalue weighted by molar-refractivity contribution is -0.137. The first-order chi connectivity index (χ1) is 13.9. The van der Waals surface area contributed by atoms with E-state index in [1.165, 1.54) is 18.5 Å². The maximum absolute atomic E-state index is 13.4. The summed E-state index contributed by atoms with van der Waals surface area (Å²) in [5, 5.41) is 0. The Bertz CT molecular complexity index is 1050. The first kappa shape index (κ1) is 19.2. The van der Waals surface area contributed by atoms with Crippen molar-refractivity contribution in [3.8, 4) is 5.69 Å². The molecule has 0 bridgehead atoms. The van der Waals surface area contributed by atoms with Gasteiger partial charge in [0.2, 0.25) is 5.91 Å². The van der Waals surface area contributed by atoms with E-state index in [1.54, 1.807) is 9.47 Å². The van der Waals surface area contributed by atoms with Crippen molar-refractivity contribution in [2.75, 3.05) is 26.3 Å². The lowest BCUT2D eigenvalue weighted by atomic mass is 10.1. The zero-order valence-corrected chi connectivity index (χ0v) is 15.4. The van der Waals surface area contributed by atoms with Gasteiger partial charge in [-0.3, -0.25) is 9.36 Å². The summed E-state index contributed by atoms with van der Waals surface area (Å²) in [6, 6.07) is 11.3. The van der Waals surface area contributed by atoms with E-state index in [-0.39, 0.29) is 17.0 Å². The van der Waals surface area contributed by atoms with E-state index in [0.717, 1.165) is 17.8 Å². The SMILES string of the molecule is O=C(C=Cc1cc(C(F)(F)F)cc2ncn(-c3ccccc3)c12)N1CCOCC1. The highest BCUT2D eigenvalue weighted by Gasteiger charge is 2.32. The third-order valence-electron chi connectivity index (χ3n) is 4.76. The van der Waals surface area contributed by atoms with E-state index in [1.807, 2.05) is 30.3 Å². The fourth-order valence-electron chi connectivity index (χ4n) is 3.30. The second-order valence-corrected chi connectivity index (χ2v) is 6.65. The van der Waals surface area contributed by atoms with E-state index in [0.29, 0.717) is 31.8 Å². The molecule has 8 heteroatoms. The molecule has 1 aliphatic heterocycles. The Morgan fingerprint density at radius 1 is 1.10 bits per heavy atom. The second-order valence-electron chi connectivity index (χ2n) is 6.65. The number of alkyl halides is 3. The minimum atomic E-state index is -4.51. The van der Waals surface area contributed by atoms with Crippen LogP contribution in [0.3, 0.4) is 0 Å². The second kappa shape index (κ2) is 7.71. The number of fused-ring (bicyclic) bond motifs is 1. The molecule has 3 aromatic rings. The Morgan fingerprint density at radius 3 is 2.52 bits per heavy atom. The molecule has 1 amide bonds. The summed E-state index contributed by atoms with van der Waals surface area (Å²) >= 11 is 0. The predicted molar refractivity (Wildman–Crippen MR) is 103 cm³/mol. The van der Waals surface area contributed by atoms with Crippen molar-refractivity contribution in [2.24, 2.45) is 0 Å². The number of carbonyl (C=O) groups excluding carboxylic acids is 1. The highest BCUT2D eigenvalue weighted by Crippen LogP contribution is 2.34. The molecule has 0 unspecified atom stereocenters. The first-order valence-corrected chi connectivity index (χ1v) is 9.12. The average Bonchev–Trinajstić information content (AvgIpc) is 3.17. The van der Waals surface area contributed by atoms with Gasteiger partial charge in [0, 0.05) is 30.4 Å². The summed E-state index contributed by atoms with van der Waals surface area (Å²) in [7, 11) is 0. The summed E-state index contributed by atoms with van der Waals surface area (Å²) in [5.41, 5.74) is 0.959. The highest BCUT2D eigenvalue weighted by molar-refractivity contribution is 5.95. The number of imidazole rings is 1. The van der Waals surface area contributed by atoms with E-state index in [9.17, 15) is 18.0 Å². The Balaban J connectivity index is 1.80. The van der Waals surface area contributed by atoms with Crippen LogP contribution in [-0.2, 0) is 15.7 Å². The number of hydrogen-bond donors (Lipinski definition) is 0. The van der Waals surface area contributed by atoms with Gasteiger partial charge in [0.1, 0.15) is 6.33 Å². The number of halogens is 3. The normalized spacial score (nSPS) is 15.3. The Hall–Kier alpha value is -3.13. The molecule has 0 radical (unpaired) electrons. The van der Waals surface area contributed by atoms with Crippen LogP contribution in [0.15, 0.2) is 54.9 Å². The molecule has 2 aromatic carbocycles. The van der Waals surface area contributed by atoms with Crippen molar-refractivity contribution in [3.63, 3.8) is 0 Å². The molecule has 2 heterocycles. The number of aromatic nitrogens is 2. The molecule has 150 valence electrons. The summed E-state index contributed by atoms with van der Waals surface area (Å²) in [4.78, 5) is 18.2. The van der Waals surface area contributed by atoms with Gasteiger partial charge >= 0.3 is 6.18 Å². The monoisotopic (exact) mass is 401 g/mol. The van der Waals surface area contributed by atoms with Crippen molar-refractivity contribution >= 4 is 23.0 Å². The van der Waals surface area contributed by atoms with E-state index in [2.05, 4.69) is 4.98 Å². The molecule has 0 aliphatic carbocycles. The molecule has 0 atom stereocenters. The smallest absolute Gasteiger partial charge is 0.378 e. The van der Waals surface area contributed by atoms with Crippen LogP contribution in [-0.4, -0.2) is 46.7 Å². The maximum Gasteiger partial charge on any atom is 0.416 e. The van der Waals surface area contributed by atoms with E-state index < -0.39 is 11.7 Å². The largest absolute Gasteiger partial charge is 0.416 e. The van der Waals surface area contributed by atoms with Crippen LogP contribution < -0.4 is 0 Å². The van der Waals surface area contributed by atoms with Crippen molar-refractivity contribution in [1.29, 1.82) is 0 Å². The van der Waals surface area contributed by atoms with Gasteiger partial charge in [-0.05, 0) is 30.3 Å². The van der Waals surface area contributed by atoms with Crippen LogP contribution in [0.1, 0.15) is 11.1 Å². The van der Waals surface area contributed by atoms with Crippen LogP contribution in [0, 0.1) is 0 Å². The summed E-state index contributed by atoms with van der Waals surface area (Å²) in [6.07, 6.45) is -0.290. The third kappa shape index (κ3) is 4.02. The number of carbonyl (C=O) groups is 1. The lowest BCUT2D eigenvalue weighted by Gasteiger charge is -2.25. The lowest BCUT2D eigenvalue weighted by Crippen LogP contribution is -2.39. The fourth-order valence-corrected chi connectivity index (χ4v) is 3.30. The van der Waals surface area contributed by atoms with Gasteiger partial charge in [0.25, 0.3) is 0 Å². The van der Waals surface area contributed by atoms with Crippen molar-refractivity contribution in [1.82, 2.24) is 14.5 Å². The molecule has 5 nitrogen and oxygen atoms in total. The quantitative estimate of drug-likeness (QED) is 0.625. The van der Waals surface area contributed by atoms with Crippen molar-refractivity contribution < 1.29 is 22.7 Å². The number of nitrogens with zero attached hydrogens (tertiary/aromatic N) is 3. The third-order valence-corrected chi connectivity index (χ3v) is 4.76. The van der Waals surface area contributed by atoms with Crippen LogP contribution in [0.4, 0.5) is 13.2 Å². The Kier molecular flexibility index (Phi) is 5.10. The number of morpholine rings is 1. The molecule has 1 saturated heterocycles. The summed E-state index contributed by atoms with van der Waals surface area (Å²) < 4.78 is 47.0. The number of para-hydroxylation sites is 1. The Morgan fingerprint density at radius 2 is 1.83 bits per heavy atom. The molecule has 29 heavy (non-hydrogen) atoms. The van der Waals surface area contributed by atoms with Crippen molar-refractivity contribution in [2.45, 2.75) is 6.18 Å². The van der Waals surface area contributed by atoms with Gasteiger partial charge < -0.3 is 9.64 Å². The van der Waals surface area contributed by atoms with Gasteiger partial charge in [0.15, 0.2) is 0 Å². The minimum Gasteiger partial charge on any atom is -0.378 e. The van der Waals surface area contributed by atoms with Crippen LogP contribution in [0.2, 0.25) is 0 Å². The molecule has 0 spiro atoms. The van der Waals surface area contributed by atoms with E-state index >= 15 is 0 Å². The topological polar surface area (TPSA) is 47.4 Å². The zero-order chi connectivity index (χ0) is 20.4. The highest BCUT2D eigenvalue weighted by atomic mass is 19.4. The fraction of sp³-hybridized carbons (Fsp3) is 0.238. The standard InChI is InChI=1S/C21H18F3N3O2/c22-21(23,24)16-12-15(6-7-19(28)26-8-10-29-11-9-26)20-18(13-16)25-14-27(20)17-4-2-1-3-5-17/h1-7,12-14H,8-11H2. The summed E-state index contributed by atoms with van der Waals surface area (Å²) in [5.74, 6) is -0.260. The maximum atomic E-state index is 13.4. The minimum absolute atomic E-state index is 0.210. The summed E-state index contributed by atoms with van der Waals surface area (Å²) in [6.45, 7) is 1.83. The molecular weight excluding hydrogens is 383 g/mol. The molecule has 1 aromatic heterocycles. The van der Waals surface area contributed by atoms with Crippen LogP contribution in [0.25, 0.3) is 22.8 Å². The van der Waals surface area contributed by atoms with Gasteiger partial charge in [-0.2, -0.15) is 13.2 Å². The molecule has 0 saturated carbocycles. The molecule has 4 rings (SSSR count). The van der Waals surface area contributed by atoms with Crippen LogP contribution >= 0.6 is 0 Å². The number of ether oxygens (including phenoxy) is 1. The van der Waals surface area contributed by atoms with Gasteiger partial charge in [-0.25, -0.2) is 4.98 Å².